The van der Waals surface area contributed by atoms with E-state index < -0.39 is 0 Å². The lowest BCUT2D eigenvalue weighted by Gasteiger charge is -2.57. The number of nitrogens with one attached hydrogen (secondary N) is 1. The summed E-state index contributed by atoms with van der Waals surface area (Å²) in [6, 6.07) is 0.129. The number of hydroxylamine groups is 2. The van der Waals surface area contributed by atoms with Crippen molar-refractivity contribution in [1.82, 2.24) is 10.4 Å². The summed E-state index contributed by atoms with van der Waals surface area (Å²) in [7, 11) is 0. The molecule has 0 aromatic carbocycles. The van der Waals surface area contributed by atoms with E-state index in [1.54, 1.807) is 5.06 Å². The third-order valence-corrected chi connectivity index (χ3v) is 7.57. The van der Waals surface area contributed by atoms with Gasteiger partial charge in [-0.05, 0) is 45.4 Å². The third-order valence-electron chi connectivity index (χ3n) is 7.57. The van der Waals surface area contributed by atoms with Gasteiger partial charge in [-0.15, -0.1) is 0 Å². The molecule has 166 valence electrons. The average molecular weight is 397 g/mol. The van der Waals surface area contributed by atoms with Crippen molar-refractivity contribution in [2.45, 2.75) is 142 Å². The molecule has 0 aliphatic carbocycles. The van der Waals surface area contributed by atoms with E-state index in [2.05, 4.69) is 46.9 Å². The predicted molar refractivity (Wildman–Crippen MR) is 119 cm³/mol. The number of nitrogens with zero attached hydrogens (tertiary/aromatic N) is 1. The third kappa shape index (κ3) is 6.73. The molecule has 4 unspecified atom stereocenters. The Bertz CT molecular complexity index is 456. The van der Waals surface area contributed by atoms with E-state index in [1.165, 1.54) is 44.9 Å². The van der Waals surface area contributed by atoms with Gasteiger partial charge in [0.15, 0.2) is 0 Å². The molecule has 1 fully saturated rings. The second-order valence-corrected chi connectivity index (χ2v) is 9.62. The Morgan fingerprint density at radius 3 is 2.00 bits per heavy atom. The summed E-state index contributed by atoms with van der Waals surface area (Å²) < 4.78 is 0. The molecule has 0 aromatic heterocycles. The van der Waals surface area contributed by atoms with Gasteiger partial charge < -0.3 is 10.5 Å². The molecular weight excluding hydrogens is 348 g/mol. The Balaban J connectivity index is 2.40. The van der Waals surface area contributed by atoms with Crippen LogP contribution in [0.5, 0.6) is 0 Å². The normalized spacial score (nSPS) is 31.1. The number of carbonyl (C=O) groups excluding carboxylic acids is 1. The van der Waals surface area contributed by atoms with Crippen molar-refractivity contribution < 1.29 is 10.0 Å². The van der Waals surface area contributed by atoms with Gasteiger partial charge in [-0.3, -0.25) is 4.79 Å². The summed E-state index contributed by atoms with van der Waals surface area (Å²) in [5, 5.41) is 15.8. The van der Waals surface area contributed by atoms with Crippen molar-refractivity contribution >= 4 is 5.91 Å². The highest BCUT2D eigenvalue weighted by Crippen LogP contribution is 2.44. The van der Waals surface area contributed by atoms with Gasteiger partial charge in [0.1, 0.15) is 0 Å². The van der Waals surface area contributed by atoms with Gasteiger partial charge in [0, 0.05) is 23.5 Å². The van der Waals surface area contributed by atoms with Gasteiger partial charge in [-0.25, -0.2) is 0 Å². The second-order valence-electron chi connectivity index (χ2n) is 9.62. The number of piperidine rings is 1. The highest BCUT2D eigenvalue weighted by atomic mass is 16.5. The minimum absolute atomic E-state index is 0.129. The lowest BCUT2D eigenvalue weighted by Crippen LogP contribution is -2.69. The van der Waals surface area contributed by atoms with Crippen LogP contribution in [0.15, 0.2) is 0 Å². The van der Waals surface area contributed by atoms with Gasteiger partial charge >= 0.3 is 0 Å². The molecule has 1 heterocycles. The number of amides is 1. The van der Waals surface area contributed by atoms with Crippen LogP contribution in [0.2, 0.25) is 0 Å². The van der Waals surface area contributed by atoms with E-state index in [1.807, 2.05) is 0 Å². The van der Waals surface area contributed by atoms with Gasteiger partial charge in [-0.2, -0.15) is 5.06 Å². The molecule has 4 nitrogen and oxygen atoms in total. The number of hydrogen-bond acceptors (Lipinski definition) is 3. The second kappa shape index (κ2) is 12.2. The van der Waals surface area contributed by atoms with Crippen LogP contribution >= 0.6 is 0 Å². The molecular formula is C24H48N2O2. The number of hydrogen-bond donors (Lipinski definition) is 2. The highest BCUT2D eigenvalue weighted by Gasteiger charge is 2.52. The maximum Gasteiger partial charge on any atom is 0.220 e. The summed E-state index contributed by atoms with van der Waals surface area (Å²) in [5.41, 5.74) is -0.592. The zero-order chi connectivity index (χ0) is 21.2. The van der Waals surface area contributed by atoms with Crippen LogP contribution in [0.3, 0.4) is 0 Å². The quantitative estimate of drug-likeness (QED) is 0.351. The zero-order valence-electron chi connectivity index (χ0n) is 19.6. The Labute approximate surface area is 174 Å². The molecule has 1 rings (SSSR count). The van der Waals surface area contributed by atoms with E-state index in [0.717, 1.165) is 32.1 Å². The molecule has 4 atom stereocenters. The number of unbranched alkanes of at least 4 members (excludes halogenated alkanes) is 8. The Hall–Kier alpha value is -0.610. The maximum absolute atomic E-state index is 12.6. The van der Waals surface area contributed by atoms with Gasteiger partial charge in [0.25, 0.3) is 0 Å². The highest BCUT2D eigenvalue weighted by molar-refractivity contribution is 5.76. The molecule has 1 saturated heterocycles. The van der Waals surface area contributed by atoms with E-state index >= 15 is 0 Å². The average Bonchev–Trinajstić information content (AvgIpc) is 2.69. The largest absolute Gasteiger partial charge is 0.353 e. The first-order valence-corrected chi connectivity index (χ1v) is 12.0. The van der Waals surface area contributed by atoms with Crippen molar-refractivity contribution in [3.63, 3.8) is 0 Å². The molecule has 1 aliphatic rings. The van der Waals surface area contributed by atoms with Crippen molar-refractivity contribution in [2.24, 2.45) is 5.92 Å². The molecule has 4 heteroatoms. The van der Waals surface area contributed by atoms with Crippen molar-refractivity contribution in [1.29, 1.82) is 0 Å². The first kappa shape index (κ1) is 25.4. The molecule has 0 saturated carbocycles. The van der Waals surface area contributed by atoms with Crippen LogP contribution in [0.25, 0.3) is 0 Å². The minimum atomic E-state index is -0.307. The molecule has 1 amide bonds. The molecule has 28 heavy (non-hydrogen) atoms. The Morgan fingerprint density at radius 2 is 1.50 bits per heavy atom. The Kier molecular flexibility index (Phi) is 11.1. The fraction of sp³-hybridized carbons (Fsp3) is 0.958. The van der Waals surface area contributed by atoms with Crippen molar-refractivity contribution in [3.8, 4) is 0 Å². The minimum Gasteiger partial charge on any atom is -0.353 e. The lowest BCUT2D eigenvalue weighted by atomic mass is 9.68. The van der Waals surface area contributed by atoms with Crippen molar-refractivity contribution in [2.75, 3.05) is 0 Å². The number of rotatable bonds is 13. The molecule has 0 radical (unpaired) electrons. The zero-order valence-corrected chi connectivity index (χ0v) is 19.6. The molecule has 1 aliphatic heterocycles. The molecule has 2 N–H and O–H groups in total. The topological polar surface area (TPSA) is 52.6 Å². The number of carbonyl (C=O) groups is 1. The van der Waals surface area contributed by atoms with E-state index in [-0.39, 0.29) is 28.9 Å². The van der Waals surface area contributed by atoms with Gasteiger partial charge in [-0.1, -0.05) is 79.1 Å². The molecule has 0 aromatic rings. The van der Waals surface area contributed by atoms with Crippen LogP contribution in [0.1, 0.15) is 125 Å². The van der Waals surface area contributed by atoms with Crippen LogP contribution in [-0.4, -0.2) is 33.3 Å². The summed E-state index contributed by atoms with van der Waals surface area (Å²) in [5.74, 6) is 0.400. The first-order chi connectivity index (χ1) is 13.2. The molecule has 0 spiro atoms. The summed E-state index contributed by atoms with van der Waals surface area (Å²) in [4.78, 5) is 12.6. The van der Waals surface area contributed by atoms with Crippen LogP contribution < -0.4 is 5.32 Å². The van der Waals surface area contributed by atoms with Crippen LogP contribution in [0, 0.1) is 5.92 Å². The maximum atomic E-state index is 12.6. The van der Waals surface area contributed by atoms with E-state index in [0.29, 0.717) is 6.42 Å². The van der Waals surface area contributed by atoms with Crippen LogP contribution in [-0.2, 0) is 4.79 Å². The molecule has 0 bridgehead atoms. The predicted octanol–water partition coefficient (Wildman–Crippen LogP) is 6.46. The van der Waals surface area contributed by atoms with Crippen LogP contribution in [0.4, 0.5) is 0 Å². The fourth-order valence-corrected chi connectivity index (χ4v) is 4.80. The monoisotopic (exact) mass is 396 g/mol. The van der Waals surface area contributed by atoms with Crippen molar-refractivity contribution in [3.05, 3.63) is 0 Å². The smallest absolute Gasteiger partial charge is 0.220 e. The lowest BCUT2D eigenvalue weighted by molar-refractivity contribution is -0.274. The van der Waals surface area contributed by atoms with E-state index in [9.17, 15) is 10.0 Å². The SMILES string of the molecule is CCCCCCCCCCCC(=O)NC1CC(C)(CC)N(O)C(C)(CC)C1C. The summed E-state index contributed by atoms with van der Waals surface area (Å²) >= 11 is 0. The van der Waals surface area contributed by atoms with E-state index in [4.69, 9.17) is 0 Å². The van der Waals surface area contributed by atoms with Gasteiger partial charge in [0.05, 0.1) is 0 Å². The fourth-order valence-electron chi connectivity index (χ4n) is 4.80. The summed E-state index contributed by atoms with van der Waals surface area (Å²) in [6.07, 6.45) is 14.6. The standard InChI is InChI=1S/C24H48N2O2/c1-7-10-11-12-13-14-15-16-17-18-22(27)25-21-19-23(5,8-2)26(28)24(6,9-3)20(21)4/h20-21,28H,7-19H2,1-6H3,(H,25,27). The summed E-state index contributed by atoms with van der Waals surface area (Å²) in [6.45, 7) is 12.9. The Morgan fingerprint density at radius 1 is 0.964 bits per heavy atom. The first-order valence-electron chi connectivity index (χ1n) is 12.0. The van der Waals surface area contributed by atoms with Gasteiger partial charge in [0.2, 0.25) is 5.91 Å².